The molecule has 0 heterocycles. The van der Waals surface area contributed by atoms with E-state index >= 15 is 0 Å². The summed E-state index contributed by atoms with van der Waals surface area (Å²) in [4.78, 5) is 21.7. The second-order valence-electron chi connectivity index (χ2n) is 2.69. The van der Waals surface area contributed by atoms with E-state index in [0.717, 1.165) is 0 Å². The van der Waals surface area contributed by atoms with Crippen LogP contribution >= 0.6 is 0 Å². The van der Waals surface area contributed by atoms with Crippen LogP contribution in [0.5, 0.6) is 0 Å². The van der Waals surface area contributed by atoms with E-state index in [9.17, 15) is 9.59 Å². The monoisotopic (exact) mass is 194 g/mol. The van der Waals surface area contributed by atoms with Crippen LogP contribution < -0.4 is 0 Å². The van der Waals surface area contributed by atoms with Crippen LogP contribution in [0.2, 0.25) is 0 Å². The summed E-state index contributed by atoms with van der Waals surface area (Å²) in [6.45, 7) is 3.01. The van der Waals surface area contributed by atoms with Crippen LogP contribution in [-0.4, -0.2) is 11.6 Å². The molecule has 0 amide bonds. The van der Waals surface area contributed by atoms with Crippen molar-refractivity contribution in [1.29, 1.82) is 0 Å². The van der Waals surface area contributed by atoms with Crippen molar-refractivity contribution < 1.29 is 9.59 Å². The molecule has 2 heteroatoms. The predicted molar refractivity (Wildman–Crippen MR) is 59.9 cm³/mol. The van der Waals surface area contributed by atoms with Crippen molar-refractivity contribution in [1.82, 2.24) is 0 Å². The fourth-order valence-corrected chi connectivity index (χ4v) is 0.940. The Morgan fingerprint density at radius 3 is 1.14 bits per heavy atom. The summed E-state index contributed by atoms with van der Waals surface area (Å²) in [6.07, 6.45) is 0. The van der Waals surface area contributed by atoms with Gasteiger partial charge in [0.25, 0.3) is 0 Å². The predicted octanol–water partition coefficient (Wildman–Crippen LogP) is 3.36. The van der Waals surface area contributed by atoms with Gasteiger partial charge in [-0.05, 0) is 13.8 Å². The van der Waals surface area contributed by atoms with Crippen LogP contribution in [0.3, 0.4) is 0 Å². The van der Waals surface area contributed by atoms with Gasteiger partial charge < -0.3 is 0 Å². The maximum absolute atomic E-state index is 10.8. The molecule has 0 aliphatic heterocycles. The third-order valence-corrected chi connectivity index (χ3v) is 1.70. The molecule has 0 bridgehead atoms. The van der Waals surface area contributed by atoms with E-state index in [1.807, 2.05) is 0 Å². The maximum Gasteiger partial charge on any atom is 0.159 e. The van der Waals surface area contributed by atoms with Crippen LogP contribution in [0.15, 0.2) is 24.3 Å². The van der Waals surface area contributed by atoms with Gasteiger partial charge in [0, 0.05) is 11.1 Å². The molecule has 2 nitrogen and oxygen atoms in total. The van der Waals surface area contributed by atoms with Crippen molar-refractivity contribution in [3.63, 3.8) is 0 Å². The zero-order valence-electron chi connectivity index (χ0n) is 7.13. The molecular formula is C12H18O2. The van der Waals surface area contributed by atoms with E-state index < -0.39 is 0 Å². The Labute approximate surface area is 86.0 Å². The number of hydrogen-bond donors (Lipinski definition) is 0. The summed E-state index contributed by atoms with van der Waals surface area (Å²) in [6, 6.07) is 6.66. The van der Waals surface area contributed by atoms with Gasteiger partial charge in [-0.1, -0.05) is 39.1 Å². The number of rotatable bonds is 2. The van der Waals surface area contributed by atoms with Gasteiger partial charge in [-0.25, -0.2) is 0 Å². The molecule has 0 radical (unpaired) electrons. The molecule has 0 aliphatic rings. The molecule has 1 aromatic rings. The SMILES string of the molecule is C.C.CC(=O)c1ccc(C(C)=O)cc1. The minimum absolute atomic E-state index is 0. The highest BCUT2D eigenvalue weighted by atomic mass is 16.1. The van der Waals surface area contributed by atoms with Gasteiger partial charge in [0.1, 0.15) is 0 Å². The van der Waals surface area contributed by atoms with Gasteiger partial charge in [0.05, 0.1) is 0 Å². The van der Waals surface area contributed by atoms with Gasteiger partial charge >= 0.3 is 0 Å². The first-order valence-corrected chi connectivity index (χ1v) is 3.73. The average Bonchev–Trinajstić information content (AvgIpc) is 2.04. The summed E-state index contributed by atoms with van der Waals surface area (Å²) in [5, 5.41) is 0. The number of ketones is 2. The standard InChI is InChI=1S/C10H10O2.2CH4/c1-7(11)9-3-5-10(6-4-9)8(2)12;;/h3-6H,1-2H3;2*1H4. The van der Waals surface area contributed by atoms with E-state index in [1.165, 1.54) is 13.8 Å². The average molecular weight is 194 g/mol. The molecule has 0 spiro atoms. The molecule has 0 unspecified atom stereocenters. The molecule has 0 saturated carbocycles. The van der Waals surface area contributed by atoms with Gasteiger partial charge in [-0.3, -0.25) is 9.59 Å². The summed E-state index contributed by atoms with van der Waals surface area (Å²) in [5.41, 5.74) is 1.28. The number of carbonyl (C=O) groups is 2. The Kier molecular flexibility index (Phi) is 6.54. The fraction of sp³-hybridized carbons (Fsp3) is 0.333. The Morgan fingerprint density at radius 1 is 0.786 bits per heavy atom. The molecule has 78 valence electrons. The Hall–Kier alpha value is -1.44. The fourth-order valence-electron chi connectivity index (χ4n) is 0.940. The highest BCUT2D eigenvalue weighted by Crippen LogP contribution is 2.05. The smallest absolute Gasteiger partial charge is 0.159 e. The van der Waals surface area contributed by atoms with Crippen LogP contribution in [0.4, 0.5) is 0 Å². The first-order chi connectivity index (χ1) is 5.61. The zero-order valence-corrected chi connectivity index (χ0v) is 7.13. The highest BCUT2D eigenvalue weighted by molar-refractivity contribution is 5.97. The van der Waals surface area contributed by atoms with Gasteiger partial charge in [-0.2, -0.15) is 0 Å². The number of hydrogen-bond acceptors (Lipinski definition) is 2. The van der Waals surface area contributed by atoms with Gasteiger partial charge in [0.15, 0.2) is 11.6 Å². The van der Waals surface area contributed by atoms with Crippen molar-refractivity contribution >= 4 is 11.6 Å². The quantitative estimate of drug-likeness (QED) is 0.676. The van der Waals surface area contributed by atoms with Crippen LogP contribution in [0, 0.1) is 0 Å². The lowest BCUT2D eigenvalue weighted by Crippen LogP contribution is -1.95. The molecule has 14 heavy (non-hydrogen) atoms. The highest BCUT2D eigenvalue weighted by Gasteiger charge is 2.00. The minimum atomic E-state index is 0. The molecule has 1 rings (SSSR count). The van der Waals surface area contributed by atoms with E-state index in [0.29, 0.717) is 11.1 Å². The molecule has 0 atom stereocenters. The molecule has 0 aliphatic carbocycles. The normalized spacial score (nSPS) is 8.14. The Morgan fingerprint density at radius 2 is 1.00 bits per heavy atom. The molecule has 0 saturated heterocycles. The van der Waals surface area contributed by atoms with Crippen molar-refractivity contribution in [2.24, 2.45) is 0 Å². The van der Waals surface area contributed by atoms with Gasteiger partial charge in [0.2, 0.25) is 0 Å². The van der Waals surface area contributed by atoms with Crippen molar-refractivity contribution in [2.45, 2.75) is 28.7 Å². The molecule has 0 aromatic heterocycles. The zero-order chi connectivity index (χ0) is 9.14. The van der Waals surface area contributed by atoms with Gasteiger partial charge in [-0.15, -0.1) is 0 Å². The third-order valence-electron chi connectivity index (χ3n) is 1.70. The summed E-state index contributed by atoms with van der Waals surface area (Å²) < 4.78 is 0. The van der Waals surface area contributed by atoms with Crippen LogP contribution in [0.25, 0.3) is 0 Å². The number of carbonyl (C=O) groups excluding carboxylic acids is 2. The van der Waals surface area contributed by atoms with Crippen LogP contribution in [-0.2, 0) is 0 Å². The topological polar surface area (TPSA) is 34.1 Å². The van der Waals surface area contributed by atoms with E-state index in [2.05, 4.69) is 0 Å². The van der Waals surface area contributed by atoms with Crippen LogP contribution in [0.1, 0.15) is 49.4 Å². The molecule has 1 aromatic carbocycles. The first-order valence-electron chi connectivity index (χ1n) is 3.73. The molecular weight excluding hydrogens is 176 g/mol. The Bertz CT molecular complexity index is 277. The molecule has 0 fully saturated rings. The Balaban J connectivity index is 0. The second kappa shape index (κ2) is 6.08. The number of benzene rings is 1. The lowest BCUT2D eigenvalue weighted by molar-refractivity contribution is 0.100. The lowest BCUT2D eigenvalue weighted by atomic mass is 10.1. The number of Topliss-reactive ketones (excluding diaryl/α,β-unsaturated/α-hetero) is 2. The molecule has 0 N–H and O–H groups in total. The maximum atomic E-state index is 10.8. The van der Waals surface area contributed by atoms with E-state index in [4.69, 9.17) is 0 Å². The van der Waals surface area contributed by atoms with Crippen molar-refractivity contribution in [2.75, 3.05) is 0 Å². The first kappa shape index (κ1) is 15.1. The summed E-state index contributed by atoms with van der Waals surface area (Å²) >= 11 is 0. The minimum Gasteiger partial charge on any atom is -0.295 e. The van der Waals surface area contributed by atoms with E-state index in [-0.39, 0.29) is 26.4 Å². The van der Waals surface area contributed by atoms with Crippen molar-refractivity contribution in [3.05, 3.63) is 35.4 Å². The van der Waals surface area contributed by atoms with E-state index in [1.54, 1.807) is 24.3 Å². The summed E-state index contributed by atoms with van der Waals surface area (Å²) in [5.74, 6) is 0.0372. The third kappa shape index (κ3) is 3.52. The second-order valence-corrected chi connectivity index (χ2v) is 2.69. The largest absolute Gasteiger partial charge is 0.295 e. The lowest BCUT2D eigenvalue weighted by Gasteiger charge is -1.96. The summed E-state index contributed by atoms with van der Waals surface area (Å²) in [7, 11) is 0. The van der Waals surface area contributed by atoms with Crippen molar-refractivity contribution in [3.8, 4) is 0 Å².